The van der Waals surface area contributed by atoms with Gasteiger partial charge in [0.05, 0.1) is 0 Å². The molecular weight excluding hydrogens is 227 g/mol. The summed E-state index contributed by atoms with van der Waals surface area (Å²) in [7, 11) is -3.44. The molecule has 1 aliphatic heterocycles. The molecule has 8 heteroatoms. The number of rotatable bonds is 0. The van der Waals surface area contributed by atoms with Gasteiger partial charge in [0.15, 0.2) is 17.4 Å². The third kappa shape index (κ3) is 19.1. The highest BCUT2D eigenvalue weighted by molar-refractivity contribution is 7.79. The minimum absolute atomic E-state index is 0. The zero-order valence-electron chi connectivity index (χ0n) is 6.93. The Labute approximate surface area is 92.0 Å². The molecular formula is C5H17AlO5SSi. The van der Waals surface area contributed by atoms with Crippen LogP contribution in [0.4, 0.5) is 0 Å². The monoisotopic (exact) mass is 244 g/mol. The van der Waals surface area contributed by atoms with E-state index in [1.54, 1.807) is 0 Å². The van der Waals surface area contributed by atoms with Crippen molar-refractivity contribution in [1.29, 1.82) is 0 Å². The van der Waals surface area contributed by atoms with Crippen molar-refractivity contribution >= 4 is 38.0 Å². The predicted molar refractivity (Wildman–Crippen MR) is 57.6 cm³/mol. The van der Waals surface area contributed by atoms with Gasteiger partial charge in [0.1, 0.15) is 0 Å². The van der Waals surface area contributed by atoms with E-state index in [-0.39, 0.29) is 17.4 Å². The van der Waals surface area contributed by atoms with Gasteiger partial charge < -0.3 is 4.74 Å². The van der Waals surface area contributed by atoms with E-state index in [0.717, 1.165) is 6.61 Å². The van der Waals surface area contributed by atoms with Crippen molar-refractivity contribution in [1.82, 2.24) is 0 Å². The Morgan fingerprint density at radius 3 is 1.92 bits per heavy atom. The van der Waals surface area contributed by atoms with E-state index in [4.69, 9.17) is 22.3 Å². The average molecular weight is 244 g/mol. The van der Waals surface area contributed by atoms with E-state index in [0.29, 0.717) is 5.73 Å². The molecule has 0 aromatic carbocycles. The Bertz CT molecular complexity index is 193. The molecule has 1 atom stereocenters. The summed E-state index contributed by atoms with van der Waals surface area (Å²) >= 11 is 0. The molecule has 0 aromatic rings. The summed E-state index contributed by atoms with van der Waals surface area (Å²) in [6.45, 7) is 1.02. The Balaban J connectivity index is 0. The number of ether oxygens (including phenoxy) is 1. The average Bonchev–Trinajstić information content (AvgIpc) is 1.85. The largest absolute Gasteiger partial charge is 0.394 e. The minimum atomic E-state index is -4.67. The molecule has 0 spiro atoms. The fourth-order valence-corrected chi connectivity index (χ4v) is 1.55. The lowest BCUT2D eigenvalue weighted by atomic mass is 10.2. The molecule has 1 aliphatic rings. The van der Waals surface area contributed by atoms with Gasteiger partial charge in [-0.1, -0.05) is 0 Å². The van der Waals surface area contributed by atoms with Gasteiger partial charge in [0.25, 0.3) is 0 Å². The van der Waals surface area contributed by atoms with E-state index < -0.39 is 10.4 Å². The van der Waals surface area contributed by atoms with E-state index in [1.165, 1.54) is 29.5 Å². The lowest BCUT2D eigenvalue weighted by Gasteiger charge is -2.17. The Hall–Kier alpha value is 0.579. The van der Waals surface area contributed by atoms with Gasteiger partial charge in [0.2, 0.25) is 0 Å². The SMILES string of the molecule is O=S(=O)(O)O.[AlH3].[SiH3]C1CCCCO1. The fourth-order valence-electron chi connectivity index (χ4n) is 0.902. The van der Waals surface area contributed by atoms with E-state index in [1.807, 2.05) is 0 Å². The summed E-state index contributed by atoms with van der Waals surface area (Å²) < 4.78 is 36.9. The van der Waals surface area contributed by atoms with Crippen molar-refractivity contribution in [2.75, 3.05) is 6.61 Å². The zero-order valence-corrected chi connectivity index (χ0v) is 9.75. The smallest absolute Gasteiger partial charge is 0.383 e. The third-order valence-electron chi connectivity index (χ3n) is 1.41. The van der Waals surface area contributed by atoms with Gasteiger partial charge in [-0.2, -0.15) is 8.42 Å². The Kier molecular flexibility index (Phi) is 9.78. The molecule has 0 radical (unpaired) electrons. The summed E-state index contributed by atoms with van der Waals surface area (Å²) in [5.41, 5.74) is 0.675. The van der Waals surface area contributed by atoms with Crippen LogP contribution in [0.2, 0.25) is 0 Å². The van der Waals surface area contributed by atoms with Gasteiger partial charge in [-0.25, -0.2) is 0 Å². The molecule has 0 saturated carbocycles. The second kappa shape index (κ2) is 7.94. The highest BCUT2D eigenvalue weighted by Gasteiger charge is 2.05. The summed E-state index contributed by atoms with van der Waals surface area (Å²) in [6, 6.07) is 0. The lowest BCUT2D eigenvalue weighted by Crippen LogP contribution is -2.18. The maximum absolute atomic E-state index is 8.74. The normalized spacial score (nSPS) is 22.5. The standard InChI is InChI=1S/C5H12OSi.Al.H2O4S.3H/c7-5-3-1-2-4-6-5;;1-5(2,3)4;;;/h5H,1-4H2,7H3;;(H2,1,2,3,4);;;. The second-order valence-electron chi connectivity index (χ2n) is 2.63. The molecule has 0 aromatic heterocycles. The van der Waals surface area contributed by atoms with Gasteiger partial charge >= 0.3 is 10.4 Å². The van der Waals surface area contributed by atoms with Gasteiger partial charge in [-0.15, -0.1) is 0 Å². The van der Waals surface area contributed by atoms with Gasteiger partial charge in [-0.3, -0.25) is 9.11 Å². The summed E-state index contributed by atoms with van der Waals surface area (Å²) in [6.07, 6.45) is 4.01. The van der Waals surface area contributed by atoms with Crippen molar-refractivity contribution in [2.45, 2.75) is 25.0 Å². The third-order valence-corrected chi connectivity index (χ3v) is 2.32. The molecule has 1 heterocycles. The van der Waals surface area contributed by atoms with Crippen molar-refractivity contribution in [3.05, 3.63) is 0 Å². The zero-order chi connectivity index (χ0) is 9.61. The lowest BCUT2D eigenvalue weighted by molar-refractivity contribution is 0.0675. The van der Waals surface area contributed by atoms with Crippen molar-refractivity contribution in [2.24, 2.45) is 0 Å². The van der Waals surface area contributed by atoms with E-state index in [9.17, 15) is 0 Å². The molecule has 1 fully saturated rings. The quantitative estimate of drug-likeness (QED) is 0.382. The Morgan fingerprint density at radius 2 is 1.77 bits per heavy atom. The maximum Gasteiger partial charge on any atom is 0.394 e. The van der Waals surface area contributed by atoms with Crippen LogP contribution >= 0.6 is 0 Å². The first-order chi connectivity index (χ1) is 5.39. The molecule has 0 bridgehead atoms. The van der Waals surface area contributed by atoms with Gasteiger partial charge in [-0.05, 0) is 19.3 Å². The second-order valence-corrected chi connectivity index (χ2v) is 4.81. The first-order valence-electron chi connectivity index (χ1n) is 3.71. The van der Waals surface area contributed by atoms with Crippen molar-refractivity contribution < 1.29 is 22.3 Å². The molecule has 0 aliphatic carbocycles. The number of hydrogen-bond acceptors (Lipinski definition) is 3. The topological polar surface area (TPSA) is 83.8 Å². The fraction of sp³-hybridized carbons (Fsp3) is 1.00. The maximum atomic E-state index is 8.74. The highest BCUT2D eigenvalue weighted by atomic mass is 32.3. The summed E-state index contributed by atoms with van der Waals surface area (Å²) in [5, 5.41) is 0. The van der Waals surface area contributed by atoms with Crippen LogP contribution in [0.25, 0.3) is 0 Å². The molecule has 1 rings (SSSR count). The molecule has 1 saturated heterocycles. The first-order valence-corrected chi connectivity index (χ1v) is 6.26. The molecule has 1 unspecified atom stereocenters. The first kappa shape index (κ1) is 16.0. The van der Waals surface area contributed by atoms with Crippen LogP contribution in [0, 0.1) is 0 Å². The molecule has 2 N–H and O–H groups in total. The molecule has 5 nitrogen and oxygen atoms in total. The van der Waals surface area contributed by atoms with Crippen LogP contribution in [0.15, 0.2) is 0 Å². The van der Waals surface area contributed by atoms with Crippen LogP contribution in [0.5, 0.6) is 0 Å². The molecule has 13 heavy (non-hydrogen) atoms. The molecule has 0 amide bonds. The number of hydrogen-bond donors (Lipinski definition) is 2. The Morgan fingerprint density at radius 1 is 1.31 bits per heavy atom. The van der Waals surface area contributed by atoms with Crippen LogP contribution in [0.3, 0.4) is 0 Å². The van der Waals surface area contributed by atoms with Crippen LogP contribution in [-0.4, -0.2) is 57.5 Å². The van der Waals surface area contributed by atoms with Crippen molar-refractivity contribution in [3.63, 3.8) is 0 Å². The van der Waals surface area contributed by atoms with E-state index in [2.05, 4.69) is 0 Å². The summed E-state index contributed by atoms with van der Waals surface area (Å²) in [5.74, 6) is 0. The highest BCUT2D eigenvalue weighted by Crippen LogP contribution is 2.08. The van der Waals surface area contributed by atoms with Gasteiger partial charge in [0, 0.05) is 22.6 Å². The van der Waals surface area contributed by atoms with Crippen LogP contribution < -0.4 is 0 Å². The predicted octanol–water partition coefficient (Wildman–Crippen LogP) is -1.96. The van der Waals surface area contributed by atoms with Crippen LogP contribution in [-0.2, 0) is 15.1 Å². The van der Waals surface area contributed by atoms with Crippen molar-refractivity contribution in [3.8, 4) is 0 Å². The minimum Gasteiger partial charge on any atom is -0.383 e. The molecule has 80 valence electrons. The summed E-state index contributed by atoms with van der Waals surface area (Å²) in [4.78, 5) is 0. The van der Waals surface area contributed by atoms with E-state index >= 15 is 0 Å². The van der Waals surface area contributed by atoms with Crippen LogP contribution in [0.1, 0.15) is 19.3 Å².